The zero-order valence-electron chi connectivity index (χ0n) is 6.81. The van der Waals surface area contributed by atoms with Crippen LogP contribution in [0.15, 0.2) is 0 Å². The number of hydrogen-bond acceptors (Lipinski definition) is 1. The number of rotatable bonds is 0. The first-order valence-corrected chi connectivity index (χ1v) is 4.82. The Bertz CT molecular complexity index is 215. The fourth-order valence-corrected chi connectivity index (χ4v) is 3.19. The molecule has 60 valence electrons. The Morgan fingerprint density at radius 2 is 2.09 bits per heavy atom. The minimum absolute atomic E-state index is 0.512. The monoisotopic (exact) mass is 150 g/mol. The van der Waals surface area contributed by atoms with Gasteiger partial charge in [0.1, 0.15) is 5.78 Å². The molecule has 1 spiro atoms. The van der Waals surface area contributed by atoms with Crippen molar-refractivity contribution in [2.75, 3.05) is 0 Å². The molecule has 1 nitrogen and oxygen atoms in total. The highest BCUT2D eigenvalue weighted by Crippen LogP contribution is 2.64. The quantitative estimate of drug-likeness (QED) is 0.517. The lowest BCUT2D eigenvalue weighted by molar-refractivity contribution is -0.121. The maximum Gasteiger partial charge on any atom is 0.136 e. The van der Waals surface area contributed by atoms with Crippen LogP contribution in [0.25, 0.3) is 0 Å². The maximum atomic E-state index is 11.4. The SMILES string of the molecule is O=C1CC[C@@H]2CC3(CC3)C[C@H]12. The molecule has 0 aromatic rings. The third-order valence-corrected chi connectivity index (χ3v) is 4.05. The number of carbonyl (C=O) groups is 1. The molecule has 0 amide bonds. The van der Waals surface area contributed by atoms with Crippen LogP contribution in [0.2, 0.25) is 0 Å². The van der Waals surface area contributed by atoms with Crippen molar-refractivity contribution in [3.8, 4) is 0 Å². The third kappa shape index (κ3) is 0.743. The topological polar surface area (TPSA) is 17.1 Å². The Balaban J connectivity index is 1.87. The Morgan fingerprint density at radius 3 is 2.73 bits per heavy atom. The second-order valence-electron chi connectivity index (χ2n) is 4.78. The van der Waals surface area contributed by atoms with E-state index in [4.69, 9.17) is 0 Å². The van der Waals surface area contributed by atoms with E-state index in [9.17, 15) is 4.79 Å². The van der Waals surface area contributed by atoms with Crippen molar-refractivity contribution in [1.29, 1.82) is 0 Å². The largest absolute Gasteiger partial charge is 0.299 e. The fraction of sp³-hybridized carbons (Fsp3) is 0.900. The Morgan fingerprint density at radius 1 is 1.27 bits per heavy atom. The lowest BCUT2D eigenvalue weighted by atomic mass is 10.0. The van der Waals surface area contributed by atoms with Gasteiger partial charge in [0.05, 0.1) is 0 Å². The molecular weight excluding hydrogens is 136 g/mol. The van der Waals surface area contributed by atoms with E-state index < -0.39 is 0 Å². The van der Waals surface area contributed by atoms with Crippen molar-refractivity contribution in [1.82, 2.24) is 0 Å². The van der Waals surface area contributed by atoms with Crippen LogP contribution in [-0.4, -0.2) is 5.78 Å². The molecule has 2 atom stereocenters. The molecule has 11 heavy (non-hydrogen) atoms. The fourth-order valence-electron chi connectivity index (χ4n) is 3.19. The first-order valence-electron chi connectivity index (χ1n) is 4.82. The van der Waals surface area contributed by atoms with Crippen LogP contribution in [0.3, 0.4) is 0 Å². The Labute approximate surface area is 67.2 Å². The summed E-state index contributed by atoms with van der Waals surface area (Å²) in [5, 5.41) is 0. The molecule has 1 heteroatoms. The van der Waals surface area contributed by atoms with Gasteiger partial charge in [-0.25, -0.2) is 0 Å². The van der Waals surface area contributed by atoms with E-state index in [1.165, 1.54) is 32.1 Å². The summed E-state index contributed by atoms with van der Waals surface area (Å²) in [5.74, 6) is 1.90. The van der Waals surface area contributed by atoms with Crippen LogP contribution in [0.1, 0.15) is 38.5 Å². The van der Waals surface area contributed by atoms with Gasteiger partial charge in [0.25, 0.3) is 0 Å². The molecule has 0 aliphatic heterocycles. The van der Waals surface area contributed by atoms with Crippen molar-refractivity contribution in [3.63, 3.8) is 0 Å². The van der Waals surface area contributed by atoms with Gasteiger partial charge >= 0.3 is 0 Å². The molecular formula is C10H14O. The molecule has 0 unspecified atom stereocenters. The van der Waals surface area contributed by atoms with Crippen molar-refractivity contribution < 1.29 is 4.79 Å². The van der Waals surface area contributed by atoms with Gasteiger partial charge in [0.2, 0.25) is 0 Å². The zero-order chi connectivity index (χ0) is 7.47. The standard InChI is InChI=1S/C10H14O/c11-9-2-1-7-5-10(3-4-10)6-8(7)9/h7-8H,1-6H2/t7-,8+/m1/s1. The van der Waals surface area contributed by atoms with Crippen molar-refractivity contribution in [2.24, 2.45) is 17.3 Å². The van der Waals surface area contributed by atoms with E-state index in [1.54, 1.807) is 0 Å². The summed E-state index contributed by atoms with van der Waals surface area (Å²) in [5.41, 5.74) is 0.700. The molecule has 3 rings (SSSR count). The Kier molecular flexibility index (Phi) is 0.961. The first kappa shape index (κ1) is 6.22. The van der Waals surface area contributed by atoms with E-state index >= 15 is 0 Å². The number of hydrogen-bond donors (Lipinski definition) is 0. The second kappa shape index (κ2) is 1.70. The summed E-state index contributed by atoms with van der Waals surface area (Å²) in [7, 11) is 0. The number of Topliss-reactive ketones (excluding diaryl/α,β-unsaturated/α-hetero) is 1. The molecule has 3 fully saturated rings. The van der Waals surface area contributed by atoms with E-state index in [0.29, 0.717) is 17.1 Å². The average molecular weight is 150 g/mol. The van der Waals surface area contributed by atoms with Gasteiger partial charge in [-0.05, 0) is 43.4 Å². The Hall–Kier alpha value is -0.330. The predicted molar refractivity (Wildman–Crippen MR) is 42.1 cm³/mol. The molecule has 0 heterocycles. The lowest BCUT2D eigenvalue weighted by Gasteiger charge is -2.04. The molecule has 3 saturated carbocycles. The molecule has 0 saturated heterocycles. The maximum absolute atomic E-state index is 11.4. The van der Waals surface area contributed by atoms with Gasteiger partial charge in [0.15, 0.2) is 0 Å². The van der Waals surface area contributed by atoms with Crippen LogP contribution in [-0.2, 0) is 4.79 Å². The molecule has 3 aliphatic carbocycles. The van der Waals surface area contributed by atoms with Gasteiger partial charge in [-0.15, -0.1) is 0 Å². The molecule has 0 aromatic carbocycles. The normalized spacial score (nSPS) is 44.9. The summed E-state index contributed by atoms with van der Waals surface area (Å²) in [6, 6.07) is 0. The van der Waals surface area contributed by atoms with Crippen molar-refractivity contribution in [2.45, 2.75) is 38.5 Å². The molecule has 0 aromatic heterocycles. The van der Waals surface area contributed by atoms with Crippen LogP contribution >= 0.6 is 0 Å². The van der Waals surface area contributed by atoms with Crippen LogP contribution in [0.5, 0.6) is 0 Å². The zero-order valence-corrected chi connectivity index (χ0v) is 6.81. The van der Waals surface area contributed by atoms with Crippen LogP contribution < -0.4 is 0 Å². The second-order valence-corrected chi connectivity index (χ2v) is 4.78. The van der Waals surface area contributed by atoms with Crippen LogP contribution in [0, 0.1) is 17.3 Å². The lowest BCUT2D eigenvalue weighted by Crippen LogP contribution is -2.07. The van der Waals surface area contributed by atoms with Crippen molar-refractivity contribution in [3.05, 3.63) is 0 Å². The third-order valence-electron chi connectivity index (χ3n) is 4.05. The van der Waals surface area contributed by atoms with Crippen molar-refractivity contribution >= 4 is 5.78 Å². The van der Waals surface area contributed by atoms with Gasteiger partial charge in [-0.3, -0.25) is 4.79 Å². The minimum atomic E-state index is 0.512. The summed E-state index contributed by atoms with van der Waals surface area (Å²) >= 11 is 0. The molecule has 0 bridgehead atoms. The van der Waals surface area contributed by atoms with E-state index in [1.807, 2.05) is 0 Å². The summed E-state index contributed by atoms with van der Waals surface area (Å²) < 4.78 is 0. The predicted octanol–water partition coefficient (Wildman–Crippen LogP) is 2.16. The summed E-state index contributed by atoms with van der Waals surface area (Å²) in [6.07, 6.45) is 7.61. The van der Waals surface area contributed by atoms with E-state index in [-0.39, 0.29) is 0 Å². The van der Waals surface area contributed by atoms with E-state index in [2.05, 4.69) is 0 Å². The van der Waals surface area contributed by atoms with Gasteiger partial charge in [0, 0.05) is 12.3 Å². The number of ketones is 1. The molecule has 3 aliphatic rings. The highest BCUT2D eigenvalue weighted by molar-refractivity contribution is 5.84. The number of fused-ring (bicyclic) bond motifs is 1. The summed E-state index contributed by atoms with van der Waals surface area (Å²) in [6.45, 7) is 0. The van der Waals surface area contributed by atoms with Crippen LogP contribution in [0.4, 0.5) is 0 Å². The average Bonchev–Trinajstić information content (AvgIpc) is 2.48. The van der Waals surface area contributed by atoms with Gasteiger partial charge in [-0.2, -0.15) is 0 Å². The molecule has 0 N–H and O–H groups in total. The molecule has 0 radical (unpaired) electrons. The van der Waals surface area contributed by atoms with E-state index in [0.717, 1.165) is 12.3 Å². The van der Waals surface area contributed by atoms with Gasteiger partial charge < -0.3 is 0 Å². The first-order chi connectivity index (χ1) is 5.29. The highest BCUT2D eigenvalue weighted by Gasteiger charge is 2.55. The van der Waals surface area contributed by atoms with Gasteiger partial charge in [-0.1, -0.05) is 0 Å². The highest BCUT2D eigenvalue weighted by atomic mass is 16.1. The smallest absolute Gasteiger partial charge is 0.136 e. The summed E-state index contributed by atoms with van der Waals surface area (Å²) in [4.78, 5) is 11.4. The number of carbonyl (C=O) groups excluding carboxylic acids is 1. The minimum Gasteiger partial charge on any atom is -0.299 e.